The first-order valence-electron chi connectivity index (χ1n) is 5.48. The molecule has 1 rings (SSSR count). The van der Waals surface area contributed by atoms with E-state index in [0.717, 1.165) is 0 Å². The van der Waals surface area contributed by atoms with Crippen molar-refractivity contribution in [3.63, 3.8) is 0 Å². The quantitative estimate of drug-likeness (QED) is 0.702. The number of rotatable bonds is 2. The van der Waals surface area contributed by atoms with Crippen molar-refractivity contribution in [1.29, 1.82) is 0 Å². The second-order valence-electron chi connectivity index (χ2n) is 5.24. The van der Waals surface area contributed by atoms with E-state index >= 15 is 0 Å². The van der Waals surface area contributed by atoms with Crippen LogP contribution in [-0.4, -0.2) is 40.6 Å². The van der Waals surface area contributed by atoms with Crippen LogP contribution >= 0.6 is 0 Å². The van der Waals surface area contributed by atoms with Crippen LogP contribution in [-0.2, 0) is 4.79 Å². The molecule has 94 valence electrons. The van der Waals surface area contributed by atoms with E-state index in [1.165, 1.54) is 4.90 Å². The normalized spacial score (nSPS) is 24.2. The van der Waals surface area contributed by atoms with Crippen LogP contribution in [0.5, 0.6) is 0 Å². The van der Waals surface area contributed by atoms with E-state index < -0.39 is 16.9 Å². The van der Waals surface area contributed by atoms with Gasteiger partial charge in [-0.2, -0.15) is 0 Å². The summed E-state index contributed by atoms with van der Waals surface area (Å²) in [4.78, 5) is 24.4. The number of aliphatic carboxylic acids is 1. The summed E-state index contributed by atoms with van der Waals surface area (Å²) >= 11 is 0. The smallest absolute Gasteiger partial charge is 0.318 e. The average Bonchev–Trinajstić information content (AvgIpc) is 2.62. The molecule has 0 saturated carbocycles. The van der Waals surface area contributed by atoms with E-state index in [-0.39, 0.29) is 12.6 Å². The molecular formula is C12H18N2O3. The fourth-order valence-electron chi connectivity index (χ4n) is 1.69. The van der Waals surface area contributed by atoms with Crippen molar-refractivity contribution in [1.82, 2.24) is 10.2 Å². The third kappa shape index (κ3) is 2.90. The highest BCUT2D eigenvalue weighted by Gasteiger charge is 2.42. The van der Waals surface area contributed by atoms with Crippen LogP contribution in [0.4, 0.5) is 4.79 Å². The molecule has 2 N–H and O–H groups in total. The van der Waals surface area contributed by atoms with Crippen LogP contribution in [0.15, 0.2) is 0 Å². The zero-order valence-corrected chi connectivity index (χ0v) is 10.4. The largest absolute Gasteiger partial charge is 0.481 e. The van der Waals surface area contributed by atoms with E-state index in [2.05, 4.69) is 11.2 Å². The second kappa shape index (κ2) is 4.28. The average molecular weight is 238 g/mol. The van der Waals surface area contributed by atoms with Gasteiger partial charge in [0, 0.05) is 13.1 Å². The zero-order chi connectivity index (χ0) is 13.3. The molecule has 1 fully saturated rings. The zero-order valence-electron chi connectivity index (χ0n) is 10.4. The Bertz CT molecular complexity index is 384. The molecule has 1 saturated heterocycles. The first kappa shape index (κ1) is 13.4. The van der Waals surface area contributed by atoms with E-state index in [0.29, 0.717) is 13.0 Å². The molecule has 0 aromatic heterocycles. The van der Waals surface area contributed by atoms with Crippen molar-refractivity contribution in [3.05, 3.63) is 0 Å². The van der Waals surface area contributed by atoms with Gasteiger partial charge in [-0.1, -0.05) is 5.92 Å². The Hall–Kier alpha value is -1.70. The maximum Gasteiger partial charge on any atom is 0.318 e. The number of amides is 2. The number of terminal acetylenes is 1. The highest BCUT2D eigenvalue weighted by atomic mass is 16.4. The maximum atomic E-state index is 11.9. The van der Waals surface area contributed by atoms with Crippen LogP contribution in [0.3, 0.4) is 0 Å². The summed E-state index contributed by atoms with van der Waals surface area (Å²) in [5.41, 5.74) is -1.57. The van der Waals surface area contributed by atoms with Gasteiger partial charge in [0.15, 0.2) is 0 Å². The van der Waals surface area contributed by atoms with Crippen LogP contribution in [0.25, 0.3) is 0 Å². The molecule has 0 aliphatic carbocycles. The minimum Gasteiger partial charge on any atom is -0.481 e. The van der Waals surface area contributed by atoms with Crippen molar-refractivity contribution in [3.8, 4) is 12.3 Å². The van der Waals surface area contributed by atoms with Gasteiger partial charge >= 0.3 is 12.0 Å². The third-order valence-electron chi connectivity index (χ3n) is 3.06. The first-order valence-corrected chi connectivity index (χ1v) is 5.48. The Morgan fingerprint density at radius 1 is 1.53 bits per heavy atom. The van der Waals surface area contributed by atoms with Crippen molar-refractivity contribution in [2.75, 3.05) is 13.1 Å². The summed E-state index contributed by atoms with van der Waals surface area (Å²) in [5.74, 6) is 1.59. The Balaban J connectivity index is 2.64. The minimum absolute atomic E-state index is 0.217. The van der Waals surface area contributed by atoms with Crippen molar-refractivity contribution in [2.45, 2.75) is 32.7 Å². The Morgan fingerprint density at radius 3 is 2.53 bits per heavy atom. The molecule has 1 aliphatic rings. The minimum atomic E-state index is -0.871. The van der Waals surface area contributed by atoms with E-state index in [1.54, 1.807) is 20.8 Å². The summed E-state index contributed by atoms with van der Waals surface area (Å²) in [6.45, 7) is 5.74. The summed E-state index contributed by atoms with van der Waals surface area (Å²) in [6, 6.07) is -0.307. The van der Waals surface area contributed by atoms with Crippen molar-refractivity contribution in [2.24, 2.45) is 5.41 Å². The van der Waals surface area contributed by atoms with E-state index in [9.17, 15) is 9.59 Å². The number of carboxylic acids is 1. The number of urea groups is 1. The highest BCUT2D eigenvalue weighted by molar-refractivity contribution is 5.80. The van der Waals surface area contributed by atoms with Gasteiger partial charge in [-0.05, 0) is 27.2 Å². The molecule has 0 spiro atoms. The molecule has 1 aliphatic heterocycles. The van der Waals surface area contributed by atoms with Crippen molar-refractivity contribution >= 4 is 12.0 Å². The predicted molar refractivity (Wildman–Crippen MR) is 63.4 cm³/mol. The molecule has 1 heterocycles. The fourth-order valence-corrected chi connectivity index (χ4v) is 1.69. The van der Waals surface area contributed by atoms with E-state index in [1.807, 2.05) is 0 Å². The van der Waals surface area contributed by atoms with Gasteiger partial charge in [0.1, 0.15) is 0 Å². The number of nitrogens with zero attached hydrogens (tertiary/aromatic N) is 1. The summed E-state index contributed by atoms with van der Waals surface area (Å²) in [7, 11) is 0. The molecule has 0 radical (unpaired) electrons. The lowest BCUT2D eigenvalue weighted by atomic mass is 9.90. The standard InChI is InChI=1S/C12H18N2O3/c1-5-11(2,3)13-10(17)14-7-6-12(4,8-14)9(15)16/h1H,6-8H2,2-4H3,(H,13,17)(H,15,16). The Kier molecular flexibility index (Phi) is 3.37. The summed E-state index contributed by atoms with van der Waals surface area (Å²) in [5, 5.41) is 11.7. The lowest BCUT2D eigenvalue weighted by Gasteiger charge is -2.25. The molecule has 0 aromatic carbocycles. The van der Waals surface area contributed by atoms with Gasteiger partial charge in [0.05, 0.1) is 11.0 Å². The van der Waals surface area contributed by atoms with Gasteiger partial charge < -0.3 is 15.3 Å². The Morgan fingerprint density at radius 2 is 2.12 bits per heavy atom. The molecular weight excluding hydrogens is 220 g/mol. The number of hydrogen-bond acceptors (Lipinski definition) is 2. The van der Waals surface area contributed by atoms with Crippen LogP contribution in [0.1, 0.15) is 27.2 Å². The predicted octanol–water partition coefficient (Wildman–Crippen LogP) is 0.904. The van der Waals surface area contributed by atoms with Crippen LogP contribution < -0.4 is 5.32 Å². The number of carboxylic acid groups (broad SMARTS) is 1. The summed E-state index contributed by atoms with van der Waals surface area (Å²) < 4.78 is 0. The van der Waals surface area contributed by atoms with Gasteiger partial charge in [-0.15, -0.1) is 6.42 Å². The molecule has 5 heteroatoms. The van der Waals surface area contributed by atoms with Crippen LogP contribution in [0, 0.1) is 17.8 Å². The Labute approximate surface area is 101 Å². The van der Waals surface area contributed by atoms with Gasteiger partial charge in [0.2, 0.25) is 0 Å². The number of likely N-dealkylation sites (tertiary alicyclic amines) is 1. The molecule has 5 nitrogen and oxygen atoms in total. The maximum absolute atomic E-state index is 11.9. The molecule has 0 bridgehead atoms. The first-order chi connectivity index (χ1) is 7.70. The van der Waals surface area contributed by atoms with Gasteiger partial charge in [0.25, 0.3) is 0 Å². The lowest BCUT2D eigenvalue weighted by Crippen LogP contribution is -2.49. The lowest BCUT2D eigenvalue weighted by molar-refractivity contribution is -0.146. The highest BCUT2D eigenvalue weighted by Crippen LogP contribution is 2.30. The summed E-state index contributed by atoms with van der Waals surface area (Å²) in [6.07, 6.45) is 5.74. The molecule has 1 atom stereocenters. The third-order valence-corrected chi connectivity index (χ3v) is 3.06. The second-order valence-corrected chi connectivity index (χ2v) is 5.24. The van der Waals surface area contributed by atoms with E-state index in [4.69, 9.17) is 11.5 Å². The van der Waals surface area contributed by atoms with Crippen LogP contribution in [0.2, 0.25) is 0 Å². The SMILES string of the molecule is C#CC(C)(C)NC(=O)N1CCC(C)(C(=O)O)C1. The number of hydrogen-bond donors (Lipinski definition) is 2. The van der Waals surface area contributed by atoms with Crippen molar-refractivity contribution < 1.29 is 14.7 Å². The monoisotopic (exact) mass is 238 g/mol. The molecule has 17 heavy (non-hydrogen) atoms. The molecule has 1 unspecified atom stereocenters. The molecule has 0 aromatic rings. The fraction of sp³-hybridized carbons (Fsp3) is 0.667. The number of nitrogens with one attached hydrogen (secondary N) is 1. The topological polar surface area (TPSA) is 69.6 Å². The molecule has 2 amide bonds. The van der Waals surface area contributed by atoms with Gasteiger partial charge in [-0.25, -0.2) is 4.79 Å². The number of carbonyl (C=O) groups is 2. The number of carbonyl (C=O) groups excluding carboxylic acids is 1. The van der Waals surface area contributed by atoms with Gasteiger partial charge in [-0.3, -0.25) is 4.79 Å².